The molecule has 2 heterocycles. The Bertz CT molecular complexity index is 667. The number of rotatable bonds is 6. The molecule has 21 heavy (non-hydrogen) atoms. The first-order chi connectivity index (χ1) is 10.1. The molecule has 0 spiro atoms. The van der Waals surface area contributed by atoms with Crippen molar-refractivity contribution in [2.75, 3.05) is 0 Å². The summed E-state index contributed by atoms with van der Waals surface area (Å²) in [5.41, 5.74) is 1.46. The van der Waals surface area contributed by atoms with Crippen molar-refractivity contribution in [1.82, 2.24) is 25.6 Å². The topological polar surface area (TPSA) is 117 Å². The van der Waals surface area contributed by atoms with Crippen LogP contribution < -0.4 is 10.6 Å². The predicted molar refractivity (Wildman–Crippen MR) is 74.3 cm³/mol. The summed E-state index contributed by atoms with van der Waals surface area (Å²) in [5, 5.41) is 4.80. The van der Waals surface area contributed by atoms with Gasteiger partial charge in [0.25, 0.3) is 5.91 Å². The predicted octanol–water partition coefficient (Wildman–Crippen LogP) is 0.129. The largest absolute Gasteiger partial charge is 0.348 e. The highest BCUT2D eigenvalue weighted by Crippen LogP contribution is 2.12. The number of aromatic nitrogens is 3. The molecule has 0 fully saturated rings. The van der Waals surface area contributed by atoms with E-state index in [1.807, 2.05) is 5.32 Å². The molecule has 0 saturated carbocycles. The lowest BCUT2D eigenvalue weighted by molar-refractivity contribution is -0.125. The molecule has 0 bridgehead atoms. The molecule has 1 atom stereocenters. The number of H-pyrrole nitrogens is 1. The van der Waals surface area contributed by atoms with Crippen molar-refractivity contribution in [3.8, 4) is 0 Å². The van der Waals surface area contributed by atoms with Crippen LogP contribution >= 0.6 is 0 Å². The Morgan fingerprint density at radius 3 is 3.00 bits per heavy atom. The molecular formula is C13H15N5O3. The van der Waals surface area contributed by atoms with Crippen molar-refractivity contribution in [1.29, 1.82) is 0 Å². The van der Waals surface area contributed by atoms with E-state index in [1.165, 1.54) is 12.5 Å². The number of imide groups is 1. The number of nitrogens with one attached hydrogen (secondary N) is 3. The highest BCUT2D eigenvalue weighted by molar-refractivity contribution is 6.02. The first kappa shape index (κ1) is 14.6. The van der Waals surface area contributed by atoms with Crippen molar-refractivity contribution in [3.63, 3.8) is 0 Å². The zero-order valence-corrected chi connectivity index (χ0v) is 11.4. The molecule has 8 heteroatoms. The molecule has 3 N–H and O–H groups in total. The smallest absolute Gasteiger partial charge is 0.272 e. The number of carbonyl (C=O) groups is 3. The molecule has 2 rings (SSSR count). The SMILES string of the molecule is CC(CCC(=O)NC=O)NC(=O)c1nccc2[nH]cnc12. The minimum Gasteiger partial charge on any atom is -0.348 e. The lowest BCUT2D eigenvalue weighted by Crippen LogP contribution is -2.34. The van der Waals surface area contributed by atoms with Crippen LogP contribution in [-0.2, 0) is 9.59 Å². The Morgan fingerprint density at radius 1 is 1.43 bits per heavy atom. The van der Waals surface area contributed by atoms with Crippen LogP contribution in [0.3, 0.4) is 0 Å². The Kier molecular flexibility index (Phi) is 4.60. The van der Waals surface area contributed by atoms with Gasteiger partial charge >= 0.3 is 0 Å². The summed E-state index contributed by atoms with van der Waals surface area (Å²) in [4.78, 5) is 44.4. The first-order valence-electron chi connectivity index (χ1n) is 6.43. The van der Waals surface area contributed by atoms with Gasteiger partial charge in [-0.2, -0.15) is 0 Å². The zero-order valence-electron chi connectivity index (χ0n) is 11.4. The van der Waals surface area contributed by atoms with E-state index < -0.39 is 0 Å². The summed E-state index contributed by atoms with van der Waals surface area (Å²) < 4.78 is 0. The third-order valence-electron chi connectivity index (χ3n) is 2.95. The lowest BCUT2D eigenvalue weighted by Gasteiger charge is -2.12. The number of aromatic amines is 1. The second-order valence-corrected chi connectivity index (χ2v) is 4.56. The summed E-state index contributed by atoms with van der Waals surface area (Å²) in [5.74, 6) is -0.727. The van der Waals surface area contributed by atoms with Crippen LogP contribution in [0, 0.1) is 0 Å². The summed E-state index contributed by atoms with van der Waals surface area (Å²) in [6.45, 7) is 1.77. The van der Waals surface area contributed by atoms with Gasteiger partial charge in [-0.25, -0.2) is 9.97 Å². The second kappa shape index (κ2) is 6.60. The summed E-state index contributed by atoms with van der Waals surface area (Å²) in [7, 11) is 0. The van der Waals surface area contributed by atoms with Gasteiger partial charge in [0, 0.05) is 18.7 Å². The summed E-state index contributed by atoms with van der Waals surface area (Å²) in [6.07, 6.45) is 3.93. The minimum atomic E-state index is -0.376. The number of amides is 3. The van der Waals surface area contributed by atoms with Gasteiger partial charge in [-0.15, -0.1) is 0 Å². The first-order valence-corrected chi connectivity index (χ1v) is 6.43. The van der Waals surface area contributed by atoms with Crippen molar-refractivity contribution >= 4 is 29.3 Å². The van der Waals surface area contributed by atoms with Gasteiger partial charge in [0.15, 0.2) is 5.69 Å². The molecule has 3 amide bonds. The molecule has 8 nitrogen and oxygen atoms in total. The molecule has 0 aliphatic carbocycles. The number of carbonyl (C=O) groups excluding carboxylic acids is 3. The Labute approximate surface area is 120 Å². The fourth-order valence-corrected chi connectivity index (χ4v) is 1.88. The summed E-state index contributed by atoms with van der Waals surface area (Å²) >= 11 is 0. The molecular weight excluding hydrogens is 274 g/mol. The standard InChI is InChI=1S/C13H15N5O3/c1-8(2-3-10(20)17-7-19)18-13(21)12-11-9(4-5-14-12)15-6-16-11/h4-8H,2-3H2,1H3,(H,15,16)(H,18,21)(H,17,19,20). The number of hydrogen-bond donors (Lipinski definition) is 3. The fraction of sp³-hybridized carbons (Fsp3) is 0.308. The third kappa shape index (κ3) is 3.62. The number of imidazole rings is 1. The zero-order chi connectivity index (χ0) is 15.2. The van der Waals surface area contributed by atoms with E-state index in [2.05, 4.69) is 20.3 Å². The van der Waals surface area contributed by atoms with Crippen LogP contribution in [-0.4, -0.2) is 39.2 Å². The molecule has 0 aromatic carbocycles. The third-order valence-corrected chi connectivity index (χ3v) is 2.95. The van der Waals surface area contributed by atoms with Gasteiger partial charge in [-0.05, 0) is 19.4 Å². The van der Waals surface area contributed by atoms with E-state index in [0.29, 0.717) is 18.3 Å². The second-order valence-electron chi connectivity index (χ2n) is 4.56. The van der Waals surface area contributed by atoms with Crippen LogP contribution in [0.2, 0.25) is 0 Å². The van der Waals surface area contributed by atoms with Gasteiger partial charge in [0.2, 0.25) is 12.3 Å². The Hall–Kier alpha value is -2.77. The normalized spacial score (nSPS) is 11.9. The number of pyridine rings is 1. The van der Waals surface area contributed by atoms with E-state index in [4.69, 9.17) is 0 Å². The maximum absolute atomic E-state index is 12.2. The highest BCUT2D eigenvalue weighted by Gasteiger charge is 2.16. The number of fused-ring (bicyclic) bond motifs is 1. The maximum Gasteiger partial charge on any atom is 0.272 e. The van der Waals surface area contributed by atoms with Gasteiger partial charge in [0.1, 0.15) is 5.52 Å². The van der Waals surface area contributed by atoms with Crippen LogP contribution in [0.1, 0.15) is 30.3 Å². The van der Waals surface area contributed by atoms with E-state index in [1.54, 1.807) is 13.0 Å². The van der Waals surface area contributed by atoms with E-state index in [0.717, 1.165) is 5.52 Å². The van der Waals surface area contributed by atoms with Gasteiger partial charge < -0.3 is 10.3 Å². The monoisotopic (exact) mass is 289 g/mol. The van der Waals surface area contributed by atoms with Gasteiger partial charge in [-0.1, -0.05) is 0 Å². The quantitative estimate of drug-likeness (QED) is 0.653. The Morgan fingerprint density at radius 2 is 2.24 bits per heavy atom. The Balaban J connectivity index is 1.96. The van der Waals surface area contributed by atoms with Gasteiger partial charge in [-0.3, -0.25) is 19.7 Å². The van der Waals surface area contributed by atoms with Crippen LogP contribution in [0.5, 0.6) is 0 Å². The van der Waals surface area contributed by atoms with E-state index >= 15 is 0 Å². The van der Waals surface area contributed by atoms with Crippen molar-refractivity contribution in [3.05, 3.63) is 24.3 Å². The molecule has 0 aliphatic heterocycles. The van der Waals surface area contributed by atoms with Crippen LogP contribution in [0.25, 0.3) is 11.0 Å². The molecule has 2 aromatic heterocycles. The minimum absolute atomic E-state index is 0.153. The average molecular weight is 289 g/mol. The van der Waals surface area contributed by atoms with E-state index in [-0.39, 0.29) is 30.0 Å². The highest BCUT2D eigenvalue weighted by atomic mass is 16.2. The molecule has 110 valence electrons. The van der Waals surface area contributed by atoms with Crippen molar-refractivity contribution in [2.45, 2.75) is 25.8 Å². The molecule has 2 aromatic rings. The van der Waals surface area contributed by atoms with Crippen molar-refractivity contribution < 1.29 is 14.4 Å². The summed E-state index contributed by atoms with van der Waals surface area (Å²) in [6, 6.07) is 1.50. The van der Waals surface area contributed by atoms with Gasteiger partial charge in [0.05, 0.1) is 11.8 Å². The number of nitrogens with zero attached hydrogens (tertiary/aromatic N) is 2. The van der Waals surface area contributed by atoms with E-state index in [9.17, 15) is 14.4 Å². The van der Waals surface area contributed by atoms with Crippen LogP contribution in [0.15, 0.2) is 18.6 Å². The molecule has 0 aliphatic rings. The molecule has 1 unspecified atom stereocenters. The maximum atomic E-state index is 12.2. The fourth-order valence-electron chi connectivity index (χ4n) is 1.88. The van der Waals surface area contributed by atoms with Crippen molar-refractivity contribution in [2.24, 2.45) is 0 Å². The van der Waals surface area contributed by atoms with Crippen LogP contribution in [0.4, 0.5) is 0 Å². The molecule has 0 saturated heterocycles. The lowest BCUT2D eigenvalue weighted by atomic mass is 10.1. The average Bonchev–Trinajstić information content (AvgIpc) is 2.93. The number of hydrogen-bond acceptors (Lipinski definition) is 5. The molecule has 0 radical (unpaired) electrons.